The largest absolute Gasteiger partial charge is 0.484 e. The van der Waals surface area contributed by atoms with Gasteiger partial charge in [0.25, 0.3) is 0 Å². The Bertz CT molecular complexity index is 551. The zero-order chi connectivity index (χ0) is 16.7. The van der Waals surface area contributed by atoms with Crippen LogP contribution in [0.15, 0.2) is 24.3 Å². The van der Waals surface area contributed by atoms with Crippen LogP contribution >= 0.6 is 0 Å². The van der Waals surface area contributed by atoms with Crippen molar-refractivity contribution in [2.45, 2.75) is 13.0 Å². The summed E-state index contributed by atoms with van der Waals surface area (Å²) in [6.45, 7) is 4.14. The van der Waals surface area contributed by atoms with Crippen molar-refractivity contribution in [1.29, 1.82) is 0 Å². The summed E-state index contributed by atoms with van der Waals surface area (Å²) < 4.78 is 16.0. The Morgan fingerprint density at radius 3 is 3.00 bits per heavy atom. The summed E-state index contributed by atoms with van der Waals surface area (Å²) in [6, 6.07) is 6.21. The topological polar surface area (TPSA) is 91.1 Å². The van der Waals surface area contributed by atoms with Gasteiger partial charge in [0.15, 0.2) is 5.75 Å². The van der Waals surface area contributed by atoms with Crippen LogP contribution in [0.3, 0.4) is 0 Å². The molecule has 0 radical (unpaired) electrons. The second-order valence-corrected chi connectivity index (χ2v) is 5.07. The Morgan fingerprint density at radius 2 is 2.26 bits per heavy atom. The van der Waals surface area contributed by atoms with Crippen LogP contribution in [0.2, 0.25) is 0 Å². The third kappa shape index (κ3) is 5.19. The fourth-order valence-corrected chi connectivity index (χ4v) is 2.33. The summed E-state index contributed by atoms with van der Waals surface area (Å²) in [5.74, 6) is -0.0589. The third-order valence-electron chi connectivity index (χ3n) is 3.37. The van der Waals surface area contributed by atoms with Crippen molar-refractivity contribution in [3.8, 4) is 5.75 Å². The van der Waals surface area contributed by atoms with Crippen molar-refractivity contribution in [3.63, 3.8) is 0 Å². The highest BCUT2D eigenvalue weighted by atomic mass is 16.6. The lowest BCUT2D eigenvalue weighted by Crippen LogP contribution is -2.47. The minimum atomic E-state index is -0.482. The number of hydrogen-bond acceptors (Lipinski definition) is 7. The molecular weight excluding hydrogens is 304 g/mol. The molecule has 1 fully saturated rings. The van der Waals surface area contributed by atoms with E-state index in [2.05, 4.69) is 0 Å². The number of ether oxygens (including phenoxy) is 3. The van der Waals surface area contributed by atoms with Gasteiger partial charge in [-0.1, -0.05) is 12.1 Å². The lowest BCUT2D eigenvalue weighted by molar-refractivity contribution is -0.385. The molecule has 2 rings (SSSR count). The van der Waals surface area contributed by atoms with E-state index < -0.39 is 4.92 Å². The van der Waals surface area contributed by atoms with Gasteiger partial charge in [0, 0.05) is 19.2 Å². The highest BCUT2D eigenvalue weighted by molar-refractivity contribution is 5.71. The summed E-state index contributed by atoms with van der Waals surface area (Å²) >= 11 is 0. The van der Waals surface area contributed by atoms with E-state index in [9.17, 15) is 14.9 Å². The quantitative estimate of drug-likeness (QED) is 0.423. The van der Waals surface area contributed by atoms with Crippen molar-refractivity contribution in [3.05, 3.63) is 34.4 Å². The molecule has 1 atom stereocenters. The molecule has 0 spiro atoms. The lowest BCUT2D eigenvalue weighted by atomic mass is 10.2. The highest BCUT2D eigenvalue weighted by Gasteiger charge is 2.24. The number of nitro groups is 1. The Balaban J connectivity index is 1.86. The van der Waals surface area contributed by atoms with Crippen LogP contribution in [0.1, 0.15) is 6.92 Å². The molecule has 8 nitrogen and oxygen atoms in total. The van der Waals surface area contributed by atoms with E-state index in [0.29, 0.717) is 26.3 Å². The maximum atomic E-state index is 11.5. The molecule has 0 bridgehead atoms. The van der Waals surface area contributed by atoms with Crippen molar-refractivity contribution >= 4 is 11.7 Å². The number of hydrogen-bond donors (Lipinski definition) is 0. The van der Waals surface area contributed by atoms with Crippen molar-refractivity contribution < 1.29 is 23.9 Å². The average Bonchev–Trinajstić information content (AvgIpc) is 2.53. The monoisotopic (exact) mass is 324 g/mol. The molecule has 1 saturated heterocycles. The molecule has 0 amide bonds. The molecule has 126 valence electrons. The predicted octanol–water partition coefficient (Wildman–Crippen LogP) is 1.24. The van der Waals surface area contributed by atoms with Gasteiger partial charge in [-0.2, -0.15) is 0 Å². The van der Waals surface area contributed by atoms with Crippen LogP contribution in [0, 0.1) is 10.1 Å². The van der Waals surface area contributed by atoms with Gasteiger partial charge in [-0.3, -0.25) is 19.8 Å². The fourth-order valence-electron chi connectivity index (χ4n) is 2.33. The first-order valence-corrected chi connectivity index (χ1v) is 7.46. The van der Waals surface area contributed by atoms with Crippen LogP contribution < -0.4 is 4.74 Å². The molecular formula is C15H20N2O6. The number of esters is 1. The minimum absolute atomic E-state index is 0.0771. The van der Waals surface area contributed by atoms with Gasteiger partial charge in [-0.15, -0.1) is 0 Å². The van der Waals surface area contributed by atoms with Gasteiger partial charge in [-0.05, 0) is 13.0 Å². The molecule has 1 heterocycles. The molecule has 1 aromatic rings. The van der Waals surface area contributed by atoms with Gasteiger partial charge in [0.1, 0.15) is 12.7 Å². The number of nitro benzene ring substituents is 1. The van der Waals surface area contributed by atoms with E-state index in [1.807, 2.05) is 4.90 Å². The van der Waals surface area contributed by atoms with Crippen LogP contribution in [0.4, 0.5) is 5.69 Å². The summed E-state index contributed by atoms with van der Waals surface area (Å²) in [6.07, 6.45) is -0.252. The SMILES string of the molecule is CCOC(=O)CN1CCOC(COc2ccccc2[N+](=O)[O-])C1. The zero-order valence-electron chi connectivity index (χ0n) is 13.0. The number of rotatable bonds is 7. The molecule has 8 heteroatoms. The van der Waals surface area contributed by atoms with Crippen molar-refractivity contribution in [2.75, 3.05) is 39.5 Å². The lowest BCUT2D eigenvalue weighted by Gasteiger charge is -2.31. The van der Waals surface area contributed by atoms with Crippen LogP contribution in [0.25, 0.3) is 0 Å². The number of carbonyl (C=O) groups excluding carboxylic acids is 1. The van der Waals surface area contributed by atoms with E-state index >= 15 is 0 Å². The second kappa shape index (κ2) is 8.44. The van der Waals surface area contributed by atoms with Crippen molar-refractivity contribution in [1.82, 2.24) is 4.90 Å². The fraction of sp³-hybridized carbons (Fsp3) is 0.533. The second-order valence-electron chi connectivity index (χ2n) is 5.07. The van der Waals surface area contributed by atoms with E-state index in [4.69, 9.17) is 14.2 Å². The smallest absolute Gasteiger partial charge is 0.320 e. The maximum Gasteiger partial charge on any atom is 0.320 e. The van der Waals surface area contributed by atoms with Gasteiger partial charge < -0.3 is 14.2 Å². The first kappa shape index (κ1) is 17.2. The summed E-state index contributed by atoms with van der Waals surface area (Å²) in [5.41, 5.74) is -0.0771. The maximum absolute atomic E-state index is 11.5. The van der Waals surface area contributed by atoms with Crippen molar-refractivity contribution in [2.24, 2.45) is 0 Å². The zero-order valence-corrected chi connectivity index (χ0v) is 13.0. The number of benzene rings is 1. The van der Waals surface area contributed by atoms with E-state index in [1.165, 1.54) is 6.07 Å². The molecule has 1 unspecified atom stereocenters. The molecule has 0 aliphatic carbocycles. The Hall–Kier alpha value is -2.19. The van der Waals surface area contributed by atoms with E-state index in [1.54, 1.807) is 25.1 Å². The van der Waals surface area contributed by atoms with E-state index in [-0.39, 0.29) is 36.7 Å². The molecule has 0 N–H and O–H groups in total. The number of carbonyl (C=O) groups is 1. The summed E-state index contributed by atoms with van der Waals surface area (Å²) in [5, 5.41) is 10.9. The predicted molar refractivity (Wildman–Crippen MR) is 81.4 cm³/mol. The molecule has 23 heavy (non-hydrogen) atoms. The Labute approximate surface area is 134 Å². The Morgan fingerprint density at radius 1 is 1.48 bits per heavy atom. The van der Waals surface area contributed by atoms with Crippen LogP contribution in [0.5, 0.6) is 5.75 Å². The third-order valence-corrected chi connectivity index (χ3v) is 3.37. The average molecular weight is 324 g/mol. The molecule has 1 aliphatic heterocycles. The summed E-state index contributed by atoms with van der Waals surface area (Å²) in [7, 11) is 0. The number of morpholine rings is 1. The van der Waals surface area contributed by atoms with Crippen LogP contribution in [-0.2, 0) is 14.3 Å². The standard InChI is InChI=1S/C15H20N2O6/c1-2-21-15(18)10-16-7-8-22-12(9-16)11-23-14-6-4-3-5-13(14)17(19)20/h3-6,12H,2,7-11H2,1H3. The van der Waals surface area contributed by atoms with Gasteiger partial charge in [0.05, 0.1) is 24.7 Å². The highest BCUT2D eigenvalue weighted by Crippen LogP contribution is 2.26. The minimum Gasteiger partial charge on any atom is -0.484 e. The van der Waals surface area contributed by atoms with Gasteiger partial charge in [0.2, 0.25) is 0 Å². The Kier molecular flexibility index (Phi) is 6.30. The molecule has 0 aromatic heterocycles. The van der Waals surface area contributed by atoms with Gasteiger partial charge in [-0.25, -0.2) is 0 Å². The normalized spacial score (nSPS) is 18.4. The van der Waals surface area contributed by atoms with Crippen LogP contribution in [-0.4, -0.2) is 61.4 Å². The molecule has 1 aromatic carbocycles. The number of nitrogens with zero attached hydrogens (tertiary/aromatic N) is 2. The van der Waals surface area contributed by atoms with E-state index in [0.717, 1.165) is 0 Å². The molecule has 0 saturated carbocycles. The first-order valence-electron chi connectivity index (χ1n) is 7.46. The van der Waals surface area contributed by atoms with Gasteiger partial charge >= 0.3 is 11.7 Å². The molecule has 1 aliphatic rings. The summed E-state index contributed by atoms with van der Waals surface area (Å²) in [4.78, 5) is 23.9. The number of para-hydroxylation sites is 2. The first-order chi connectivity index (χ1) is 11.1.